The van der Waals surface area contributed by atoms with Crippen LogP contribution < -0.4 is 0 Å². The lowest BCUT2D eigenvalue weighted by Gasteiger charge is -2.35. The van der Waals surface area contributed by atoms with Crippen LogP contribution in [0.1, 0.15) is 52.9 Å². The molecule has 0 heterocycles. The van der Waals surface area contributed by atoms with E-state index in [4.69, 9.17) is 0 Å². The van der Waals surface area contributed by atoms with Gasteiger partial charge in [0.25, 0.3) is 0 Å². The highest BCUT2D eigenvalue weighted by Crippen LogP contribution is 2.66. The highest BCUT2D eigenvalue weighted by molar-refractivity contribution is 5.75. The van der Waals surface area contributed by atoms with Crippen molar-refractivity contribution in [3.63, 3.8) is 0 Å². The lowest BCUT2D eigenvalue weighted by atomic mass is 9.70. The van der Waals surface area contributed by atoms with E-state index in [1.807, 2.05) is 6.92 Å². The van der Waals surface area contributed by atoms with Gasteiger partial charge in [-0.15, -0.1) is 0 Å². The number of hydrogen-bond acceptors (Lipinski definition) is 1. The maximum Gasteiger partial charge on any atom is 0.309 e. The monoisotopic (exact) mass is 234 g/mol. The van der Waals surface area contributed by atoms with Crippen molar-refractivity contribution in [3.8, 4) is 0 Å². The summed E-state index contributed by atoms with van der Waals surface area (Å²) < 4.78 is 0. The Labute approximate surface area is 103 Å². The average molecular weight is 234 g/mol. The lowest BCUT2D eigenvalue weighted by molar-refractivity contribution is -0.147. The second-order valence-electron chi connectivity index (χ2n) is 6.89. The summed E-state index contributed by atoms with van der Waals surface area (Å²) in [6.07, 6.45) is 5.54. The topological polar surface area (TPSA) is 37.3 Å². The van der Waals surface area contributed by atoms with Crippen molar-refractivity contribution < 1.29 is 9.90 Å². The van der Waals surface area contributed by atoms with Crippen LogP contribution in [0.4, 0.5) is 0 Å². The molecule has 2 saturated carbocycles. The number of carboxylic acid groups (broad SMARTS) is 1. The third-order valence-corrected chi connectivity index (χ3v) is 5.89. The highest BCUT2D eigenvalue weighted by Gasteiger charge is 2.56. The summed E-state index contributed by atoms with van der Waals surface area (Å²) in [5, 5.41) is 9.39. The summed E-state index contributed by atoms with van der Waals surface area (Å²) in [6, 6.07) is 0. The first-order chi connectivity index (χ1) is 7.89. The number of allylic oxidation sites excluding steroid dienone is 2. The number of rotatable bonds is 1. The van der Waals surface area contributed by atoms with E-state index in [2.05, 4.69) is 13.8 Å². The molecule has 0 aromatic carbocycles. The molecule has 2 heteroatoms. The first-order valence-corrected chi connectivity index (χ1v) is 6.82. The molecular formula is C15H22O2. The van der Waals surface area contributed by atoms with Crippen molar-refractivity contribution in [3.05, 3.63) is 11.1 Å². The Balaban J connectivity index is 1.99. The van der Waals surface area contributed by atoms with E-state index in [-0.39, 0.29) is 0 Å². The summed E-state index contributed by atoms with van der Waals surface area (Å²) in [4.78, 5) is 11.4. The Morgan fingerprint density at radius 1 is 1.41 bits per heavy atom. The Hall–Kier alpha value is -0.790. The molecule has 0 amide bonds. The molecule has 3 rings (SSSR count). The fourth-order valence-electron chi connectivity index (χ4n) is 4.48. The van der Waals surface area contributed by atoms with Crippen molar-refractivity contribution >= 4 is 5.97 Å². The van der Waals surface area contributed by atoms with Crippen LogP contribution in [-0.2, 0) is 4.79 Å². The van der Waals surface area contributed by atoms with E-state index in [0.29, 0.717) is 11.3 Å². The van der Waals surface area contributed by atoms with Gasteiger partial charge in [0.05, 0.1) is 5.41 Å². The molecule has 0 saturated heterocycles. The van der Waals surface area contributed by atoms with Crippen LogP contribution in [0.5, 0.6) is 0 Å². The van der Waals surface area contributed by atoms with E-state index in [1.165, 1.54) is 24.8 Å². The van der Waals surface area contributed by atoms with Gasteiger partial charge in [0.15, 0.2) is 0 Å². The molecule has 1 spiro atoms. The van der Waals surface area contributed by atoms with Crippen molar-refractivity contribution in [1.82, 2.24) is 0 Å². The molecule has 3 aliphatic rings. The molecule has 0 aromatic rings. The van der Waals surface area contributed by atoms with Crippen molar-refractivity contribution in [2.45, 2.75) is 52.9 Å². The van der Waals surface area contributed by atoms with Crippen LogP contribution in [0.3, 0.4) is 0 Å². The molecule has 3 unspecified atom stereocenters. The van der Waals surface area contributed by atoms with E-state index in [9.17, 15) is 9.90 Å². The SMILES string of the molecule is CC1=C2CC(C)(C(=O)O)CC2CC(C)C12CC2. The lowest BCUT2D eigenvalue weighted by Crippen LogP contribution is -2.25. The molecule has 2 fully saturated rings. The zero-order chi connectivity index (χ0) is 12.4. The second-order valence-corrected chi connectivity index (χ2v) is 6.89. The van der Waals surface area contributed by atoms with Crippen LogP contribution >= 0.6 is 0 Å². The van der Waals surface area contributed by atoms with Gasteiger partial charge >= 0.3 is 5.97 Å². The Kier molecular flexibility index (Phi) is 2.10. The molecule has 0 aromatic heterocycles. The third kappa shape index (κ3) is 1.36. The van der Waals surface area contributed by atoms with Gasteiger partial charge in [-0.25, -0.2) is 0 Å². The number of fused-ring (bicyclic) bond motifs is 1. The number of carboxylic acids is 1. The first-order valence-electron chi connectivity index (χ1n) is 6.82. The van der Waals surface area contributed by atoms with Crippen LogP contribution in [0.25, 0.3) is 0 Å². The predicted octanol–water partition coefficient (Wildman–Crippen LogP) is 3.62. The minimum atomic E-state index is -0.607. The van der Waals surface area contributed by atoms with E-state index in [0.717, 1.165) is 18.8 Å². The van der Waals surface area contributed by atoms with Gasteiger partial charge in [-0.2, -0.15) is 0 Å². The first kappa shape index (κ1) is 11.3. The van der Waals surface area contributed by atoms with Crippen LogP contribution in [0.2, 0.25) is 0 Å². The largest absolute Gasteiger partial charge is 0.481 e. The second kappa shape index (κ2) is 3.15. The van der Waals surface area contributed by atoms with E-state index >= 15 is 0 Å². The van der Waals surface area contributed by atoms with Gasteiger partial charge < -0.3 is 5.11 Å². The summed E-state index contributed by atoms with van der Waals surface area (Å²) in [7, 11) is 0. The minimum Gasteiger partial charge on any atom is -0.481 e. The summed E-state index contributed by atoms with van der Waals surface area (Å²) in [6.45, 7) is 6.57. The molecule has 0 radical (unpaired) electrons. The van der Waals surface area contributed by atoms with Gasteiger partial charge in [-0.1, -0.05) is 18.1 Å². The Morgan fingerprint density at radius 2 is 2.06 bits per heavy atom. The molecule has 0 aliphatic heterocycles. The highest BCUT2D eigenvalue weighted by atomic mass is 16.4. The number of carbonyl (C=O) groups is 1. The quantitative estimate of drug-likeness (QED) is 0.703. The smallest absolute Gasteiger partial charge is 0.309 e. The van der Waals surface area contributed by atoms with Crippen LogP contribution in [-0.4, -0.2) is 11.1 Å². The Morgan fingerprint density at radius 3 is 2.59 bits per heavy atom. The molecule has 94 valence electrons. The maximum atomic E-state index is 11.4. The van der Waals surface area contributed by atoms with Gasteiger partial charge in [0.1, 0.15) is 0 Å². The van der Waals surface area contributed by atoms with Crippen molar-refractivity contribution in [2.75, 3.05) is 0 Å². The molecular weight excluding hydrogens is 212 g/mol. The molecule has 0 bridgehead atoms. The minimum absolute atomic E-state index is 0.482. The standard InChI is InChI=1S/C15H22O2/c1-9-6-11-7-14(3,13(16)17)8-12(11)10(2)15(9)4-5-15/h9,11H,4-8H2,1-3H3,(H,16,17). The maximum absolute atomic E-state index is 11.4. The van der Waals surface area contributed by atoms with Crippen LogP contribution in [0.15, 0.2) is 11.1 Å². The normalized spacial score (nSPS) is 42.8. The zero-order valence-electron chi connectivity index (χ0n) is 11.0. The molecule has 3 atom stereocenters. The summed E-state index contributed by atoms with van der Waals surface area (Å²) in [5.41, 5.74) is 3.05. The van der Waals surface area contributed by atoms with Crippen molar-refractivity contribution in [1.29, 1.82) is 0 Å². The fourth-order valence-corrected chi connectivity index (χ4v) is 4.48. The molecule has 1 N–H and O–H groups in total. The molecule has 2 nitrogen and oxygen atoms in total. The number of aliphatic carboxylic acids is 1. The van der Waals surface area contributed by atoms with Gasteiger partial charge in [-0.3, -0.25) is 4.79 Å². The van der Waals surface area contributed by atoms with E-state index in [1.54, 1.807) is 5.57 Å². The van der Waals surface area contributed by atoms with Crippen molar-refractivity contribution in [2.24, 2.45) is 22.7 Å². The molecule has 17 heavy (non-hydrogen) atoms. The number of hydrogen-bond donors (Lipinski definition) is 1. The Bertz CT molecular complexity index is 417. The summed E-state index contributed by atoms with van der Waals surface area (Å²) in [5.74, 6) is 0.703. The third-order valence-electron chi connectivity index (χ3n) is 5.89. The summed E-state index contributed by atoms with van der Waals surface area (Å²) >= 11 is 0. The predicted molar refractivity (Wildman–Crippen MR) is 66.6 cm³/mol. The van der Waals surface area contributed by atoms with Gasteiger partial charge in [-0.05, 0) is 63.2 Å². The van der Waals surface area contributed by atoms with Crippen LogP contribution in [0, 0.1) is 22.7 Å². The van der Waals surface area contributed by atoms with E-state index < -0.39 is 11.4 Å². The van der Waals surface area contributed by atoms with Gasteiger partial charge in [0.2, 0.25) is 0 Å². The van der Waals surface area contributed by atoms with Gasteiger partial charge in [0, 0.05) is 0 Å². The molecule has 3 aliphatic carbocycles. The average Bonchev–Trinajstić information content (AvgIpc) is 2.97. The zero-order valence-corrected chi connectivity index (χ0v) is 11.0. The fraction of sp³-hybridized carbons (Fsp3) is 0.800.